The van der Waals surface area contributed by atoms with Gasteiger partial charge in [-0.25, -0.2) is 0 Å². The lowest BCUT2D eigenvalue weighted by Gasteiger charge is -2.01. The van der Waals surface area contributed by atoms with E-state index in [0.29, 0.717) is 0 Å². The molecule has 2 aromatic rings. The molecule has 0 atom stereocenters. The molecule has 0 bridgehead atoms. The summed E-state index contributed by atoms with van der Waals surface area (Å²) in [5.74, 6) is 0.839. The molecule has 0 aliphatic heterocycles. The fourth-order valence-corrected chi connectivity index (χ4v) is 2.89. The van der Waals surface area contributed by atoms with Crippen molar-refractivity contribution in [3.05, 3.63) is 16.5 Å². The van der Waals surface area contributed by atoms with Gasteiger partial charge in [-0.3, -0.25) is 0 Å². The predicted molar refractivity (Wildman–Crippen MR) is 67.0 cm³/mol. The van der Waals surface area contributed by atoms with Crippen LogP contribution in [0, 0.1) is 0 Å². The van der Waals surface area contributed by atoms with Gasteiger partial charge in [-0.05, 0) is 17.9 Å². The molecule has 0 saturated carbocycles. The molecule has 0 spiro atoms. The first kappa shape index (κ1) is 10.9. The van der Waals surface area contributed by atoms with Crippen molar-refractivity contribution in [2.45, 2.75) is 13.3 Å². The smallest absolute Gasteiger partial charge is 0.169 e. The van der Waals surface area contributed by atoms with Crippen molar-refractivity contribution in [2.75, 3.05) is 11.9 Å². The molecule has 3 nitrogen and oxygen atoms in total. The predicted octanol–water partition coefficient (Wildman–Crippen LogP) is 3.74. The molecule has 0 aliphatic rings. The molecule has 0 aromatic carbocycles. The van der Waals surface area contributed by atoms with E-state index < -0.39 is 0 Å². The topological polar surface area (TPSA) is 37.8 Å². The number of nitrogens with zero attached hydrogens (tertiary/aromatic N) is 2. The van der Waals surface area contributed by atoms with Crippen molar-refractivity contribution >= 4 is 40.5 Å². The SMILES string of the molecule is CCCNc1nsnc1-c1sccc1Cl. The molecular formula is C9H10ClN3S2. The molecule has 1 N–H and O–H groups in total. The Morgan fingerprint density at radius 3 is 3.00 bits per heavy atom. The lowest BCUT2D eigenvalue weighted by Crippen LogP contribution is -2.00. The second-order valence-corrected chi connectivity index (χ2v) is 4.84. The first-order valence-corrected chi connectivity index (χ1v) is 6.61. The Kier molecular flexibility index (Phi) is 3.56. The molecule has 0 radical (unpaired) electrons. The van der Waals surface area contributed by atoms with Crippen molar-refractivity contribution in [1.29, 1.82) is 0 Å². The monoisotopic (exact) mass is 259 g/mol. The van der Waals surface area contributed by atoms with E-state index in [1.54, 1.807) is 11.3 Å². The number of hydrogen-bond donors (Lipinski definition) is 1. The third-order valence-corrected chi connectivity index (χ3v) is 3.74. The van der Waals surface area contributed by atoms with Gasteiger partial charge in [0.05, 0.1) is 21.6 Å². The molecule has 0 aliphatic carbocycles. The minimum atomic E-state index is 0.743. The van der Waals surface area contributed by atoms with Crippen molar-refractivity contribution in [2.24, 2.45) is 0 Å². The maximum absolute atomic E-state index is 6.06. The first-order valence-electron chi connectivity index (χ1n) is 4.62. The van der Waals surface area contributed by atoms with E-state index in [1.165, 1.54) is 11.7 Å². The van der Waals surface area contributed by atoms with E-state index in [2.05, 4.69) is 21.0 Å². The number of rotatable bonds is 4. The maximum atomic E-state index is 6.06. The first-order chi connectivity index (χ1) is 7.33. The number of anilines is 1. The van der Waals surface area contributed by atoms with E-state index in [4.69, 9.17) is 11.6 Å². The largest absolute Gasteiger partial charge is 0.367 e. The van der Waals surface area contributed by atoms with E-state index in [9.17, 15) is 0 Å². The Morgan fingerprint density at radius 1 is 1.47 bits per heavy atom. The Bertz CT molecular complexity index is 438. The second-order valence-electron chi connectivity index (χ2n) is 2.99. The third kappa shape index (κ3) is 2.30. The molecule has 6 heteroatoms. The Balaban J connectivity index is 2.29. The van der Waals surface area contributed by atoms with Crippen LogP contribution in [0.15, 0.2) is 11.4 Å². The van der Waals surface area contributed by atoms with Gasteiger partial charge in [-0.1, -0.05) is 18.5 Å². The minimum Gasteiger partial charge on any atom is -0.367 e. The fourth-order valence-electron chi connectivity index (χ4n) is 1.16. The normalized spacial score (nSPS) is 10.5. The van der Waals surface area contributed by atoms with E-state index >= 15 is 0 Å². The molecule has 2 rings (SSSR count). The van der Waals surface area contributed by atoms with Crippen LogP contribution in [0.1, 0.15) is 13.3 Å². The van der Waals surface area contributed by atoms with Gasteiger partial charge in [-0.2, -0.15) is 8.75 Å². The third-order valence-electron chi connectivity index (χ3n) is 1.86. The molecule has 0 fully saturated rings. The van der Waals surface area contributed by atoms with Gasteiger partial charge in [0.25, 0.3) is 0 Å². The highest BCUT2D eigenvalue weighted by molar-refractivity contribution is 7.14. The summed E-state index contributed by atoms with van der Waals surface area (Å²) in [6.45, 7) is 3.02. The van der Waals surface area contributed by atoms with Gasteiger partial charge in [0.1, 0.15) is 5.69 Å². The van der Waals surface area contributed by atoms with Gasteiger partial charge in [0.2, 0.25) is 0 Å². The van der Waals surface area contributed by atoms with Crippen molar-refractivity contribution < 1.29 is 0 Å². The van der Waals surface area contributed by atoms with Crippen molar-refractivity contribution in [1.82, 2.24) is 8.75 Å². The summed E-state index contributed by atoms with van der Waals surface area (Å²) in [7, 11) is 0. The summed E-state index contributed by atoms with van der Waals surface area (Å²) in [5, 5.41) is 5.95. The molecule has 2 heterocycles. The van der Waals surface area contributed by atoms with Crippen molar-refractivity contribution in [3.63, 3.8) is 0 Å². The van der Waals surface area contributed by atoms with Crippen LogP contribution in [-0.4, -0.2) is 15.3 Å². The molecule has 80 valence electrons. The number of hydrogen-bond acceptors (Lipinski definition) is 5. The quantitative estimate of drug-likeness (QED) is 0.909. The highest BCUT2D eigenvalue weighted by Crippen LogP contribution is 2.36. The van der Waals surface area contributed by atoms with Gasteiger partial charge in [-0.15, -0.1) is 11.3 Å². The average Bonchev–Trinajstić information content (AvgIpc) is 2.82. The van der Waals surface area contributed by atoms with Crippen molar-refractivity contribution in [3.8, 4) is 10.6 Å². The van der Waals surface area contributed by atoms with Crippen LogP contribution in [0.2, 0.25) is 5.02 Å². The molecule has 2 aromatic heterocycles. The van der Waals surface area contributed by atoms with Crippen LogP contribution in [0.4, 0.5) is 5.82 Å². The molecule has 0 saturated heterocycles. The summed E-state index contributed by atoms with van der Waals surface area (Å²) in [5.41, 5.74) is 0.869. The fraction of sp³-hybridized carbons (Fsp3) is 0.333. The van der Waals surface area contributed by atoms with Crippen LogP contribution in [-0.2, 0) is 0 Å². The molecule has 0 unspecified atom stereocenters. The minimum absolute atomic E-state index is 0.743. The Hall–Kier alpha value is -0.650. The average molecular weight is 260 g/mol. The summed E-state index contributed by atoms with van der Waals surface area (Å²) in [4.78, 5) is 0.990. The van der Waals surface area contributed by atoms with Crippen LogP contribution in [0.25, 0.3) is 10.6 Å². The lowest BCUT2D eigenvalue weighted by molar-refractivity contribution is 0.974. The second kappa shape index (κ2) is 4.92. The zero-order valence-electron chi connectivity index (χ0n) is 8.16. The van der Waals surface area contributed by atoms with Crippen LogP contribution in [0.3, 0.4) is 0 Å². The number of nitrogens with one attached hydrogen (secondary N) is 1. The Labute approximate surface area is 101 Å². The van der Waals surface area contributed by atoms with Crippen LogP contribution >= 0.6 is 34.7 Å². The van der Waals surface area contributed by atoms with Crippen LogP contribution in [0.5, 0.6) is 0 Å². The zero-order chi connectivity index (χ0) is 10.7. The molecular weight excluding hydrogens is 250 g/mol. The molecule has 0 amide bonds. The summed E-state index contributed by atoms with van der Waals surface area (Å²) in [6.07, 6.45) is 1.06. The van der Waals surface area contributed by atoms with Gasteiger partial charge >= 0.3 is 0 Å². The summed E-state index contributed by atoms with van der Waals surface area (Å²) >= 11 is 8.85. The maximum Gasteiger partial charge on any atom is 0.169 e. The lowest BCUT2D eigenvalue weighted by atomic mass is 10.3. The summed E-state index contributed by atoms with van der Waals surface area (Å²) in [6, 6.07) is 1.88. The highest BCUT2D eigenvalue weighted by Gasteiger charge is 2.14. The van der Waals surface area contributed by atoms with E-state index in [1.807, 2.05) is 11.4 Å². The standard InChI is InChI=1S/C9H10ClN3S2/c1-2-4-11-9-7(12-15-13-9)8-6(10)3-5-14-8/h3,5H,2,4H2,1H3,(H,11,13). The number of aromatic nitrogens is 2. The number of halogens is 1. The Morgan fingerprint density at radius 2 is 2.33 bits per heavy atom. The molecule has 15 heavy (non-hydrogen) atoms. The van der Waals surface area contributed by atoms with Crippen LogP contribution < -0.4 is 5.32 Å². The van der Waals surface area contributed by atoms with Gasteiger partial charge in [0.15, 0.2) is 5.82 Å². The van der Waals surface area contributed by atoms with E-state index in [-0.39, 0.29) is 0 Å². The highest BCUT2D eigenvalue weighted by atomic mass is 35.5. The number of thiophene rings is 1. The summed E-state index contributed by atoms with van der Waals surface area (Å²) < 4.78 is 8.48. The zero-order valence-corrected chi connectivity index (χ0v) is 10.5. The van der Waals surface area contributed by atoms with Gasteiger partial charge in [0, 0.05) is 6.54 Å². The van der Waals surface area contributed by atoms with Gasteiger partial charge < -0.3 is 5.32 Å². The van der Waals surface area contributed by atoms with E-state index in [0.717, 1.165) is 34.4 Å².